The summed E-state index contributed by atoms with van der Waals surface area (Å²) in [4.78, 5) is 46.3. The maximum Gasteiger partial charge on any atom is 0.328 e. The maximum atomic E-state index is 11.9. The normalized spacial score (nSPS) is 12.5. The van der Waals surface area contributed by atoms with Crippen molar-refractivity contribution in [1.29, 1.82) is 0 Å². The lowest BCUT2D eigenvalue weighted by Gasteiger charge is -2.20. The number of rotatable bonds is 9. The predicted molar refractivity (Wildman–Crippen MR) is 79.4 cm³/mol. The highest BCUT2D eigenvalue weighted by Gasteiger charge is 2.26. The van der Waals surface area contributed by atoms with Crippen LogP contribution in [-0.2, 0) is 28.6 Å². The Balaban J connectivity index is 4.70. The fourth-order valence-electron chi connectivity index (χ4n) is 1.79. The van der Waals surface area contributed by atoms with Crippen LogP contribution in [0.4, 0.5) is 4.79 Å². The Bertz CT molecular complexity index is 425. The van der Waals surface area contributed by atoms with E-state index < -0.39 is 36.0 Å². The van der Waals surface area contributed by atoms with Crippen molar-refractivity contribution in [2.24, 2.45) is 0 Å². The van der Waals surface area contributed by atoms with Gasteiger partial charge in [0.25, 0.3) is 0 Å². The Hall–Kier alpha value is -2.32. The Morgan fingerprint density at radius 1 is 0.826 bits per heavy atom. The van der Waals surface area contributed by atoms with Crippen LogP contribution in [0.15, 0.2) is 0 Å². The molecule has 0 radical (unpaired) electrons. The van der Waals surface area contributed by atoms with Gasteiger partial charge in [0.15, 0.2) is 0 Å². The molecular formula is C14H24N2O7. The van der Waals surface area contributed by atoms with Gasteiger partial charge in [-0.25, -0.2) is 14.4 Å². The van der Waals surface area contributed by atoms with E-state index in [4.69, 9.17) is 0 Å². The molecular weight excluding hydrogens is 308 g/mol. The highest BCUT2D eigenvalue weighted by atomic mass is 16.5. The number of carbonyl (C=O) groups excluding carboxylic acids is 4. The highest BCUT2D eigenvalue weighted by Crippen LogP contribution is 2.03. The van der Waals surface area contributed by atoms with Gasteiger partial charge in [-0.1, -0.05) is 13.3 Å². The largest absolute Gasteiger partial charge is 0.469 e. The molecule has 0 aliphatic carbocycles. The van der Waals surface area contributed by atoms with Crippen LogP contribution in [0.1, 0.15) is 32.6 Å². The number of amides is 2. The lowest BCUT2D eigenvalue weighted by molar-refractivity contribution is -0.144. The number of esters is 3. The number of nitrogens with one attached hydrogen (secondary N) is 2. The Morgan fingerprint density at radius 2 is 1.30 bits per heavy atom. The van der Waals surface area contributed by atoms with Crippen LogP contribution in [0, 0.1) is 0 Å². The quantitative estimate of drug-likeness (QED) is 0.454. The van der Waals surface area contributed by atoms with Crippen molar-refractivity contribution in [2.45, 2.75) is 44.7 Å². The topological polar surface area (TPSA) is 120 Å². The average molecular weight is 332 g/mol. The molecule has 9 heteroatoms. The van der Waals surface area contributed by atoms with Gasteiger partial charge in [-0.05, 0) is 12.8 Å². The first kappa shape index (κ1) is 20.7. The second kappa shape index (κ2) is 11.3. The number of ether oxygens (including phenoxy) is 3. The second-order valence-corrected chi connectivity index (χ2v) is 4.67. The molecule has 0 rings (SSSR count). The van der Waals surface area contributed by atoms with Gasteiger partial charge < -0.3 is 24.8 Å². The van der Waals surface area contributed by atoms with E-state index in [9.17, 15) is 19.2 Å². The minimum atomic E-state index is -1.03. The molecule has 2 N–H and O–H groups in total. The van der Waals surface area contributed by atoms with Gasteiger partial charge in [0.05, 0.1) is 21.3 Å². The number of urea groups is 1. The van der Waals surface area contributed by atoms with E-state index in [1.165, 1.54) is 21.3 Å². The van der Waals surface area contributed by atoms with Gasteiger partial charge >= 0.3 is 23.9 Å². The lowest BCUT2D eigenvalue weighted by atomic mass is 10.1. The van der Waals surface area contributed by atoms with E-state index in [0.29, 0.717) is 12.8 Å². The first-order valence-electron chi connectivity index (χ1n) is 7.19. The molecule has 0 aliphatic rings. The third kappa shape index (κ3) is 8.03. The van der Waals surface area contributed by atoms with Gasteiger partial charge in [-0.2, -0.15) is 0 Å². The molecule has 0 spiro atoms. The summed E-state index contributed by atoms with van der Waals surface area (Å²) in [5.41, 5.74) is 0. The van der Waals surface area contributed by atoms with Crippen LogP contribution < -0.4 is 10.6 Å². The van der Waals surface area contributed by atoms with E-state index in [0.717, 1.165) is 0 Å². The Kier molecular flexibility index (Phi) is 10.1. The van der Waals surface area contributed by atoms with Crippen molar-refractivity contribution in [2.75, 3.05) is 21.3 Å². The first-order valence-corrected chi connectivity index (χ1v) is 7.19. The van der Waals surface area contributed by atoms with Crippen LogP contribution in [0.3, 0.4) is 0 Å². The maximum absolute atomic E-state index is 11.9. The highest BCUT2D eigenvalue weighted by molar-refractivity contribution is 5.87. The number of carbonyl (C=O) groups is 4. The average Bonchev–Trinajstić information content (AvgIpc) is 2.56. The summed E-state index contributed by atoms with van der Waals surface area (Å²) in [6.07, 6.45) is 1.00. The van der Waals surface area contributed by atoms with Crippen LogP contribution >= 0.6 is 0 Å². The zero-order valence-electron chi connectivity index (χ0n) is 13.8. The molecule has 0 aromatic rings. The van der Waals surface area contributed by atoms with E-state index in [2.05, 4.69) is 24.8 Å². The molecule has 0 aromatic carbocycles. The lowest BCUT2D eigenvalue weighted by Crippen LogP contribution is -2.51. The van der Waals surface area contributed by atoms with Gasteiger partial charge in [0, 0.05) is 6.42 Å². The van der Waals surface area contributed by atoms with Gasteiger partial charge in [0.1, 0.15) is 12.1 Å². The number of hydrogen-bond acceptors (Lipinski definition) is 7. The molecule has 132 valence electrons. The van der Waals surface area contributed by atoms with E-state index >= 15 is 0 Å². The van der Waals surface area contributed by atoms with E-state index in [1.54, 1.807) is 0 Å². The van der Waals surface area contributed by atoms with Crippen molar-refractivity contribution in [3.05, 3.63) is 0 Å². The predicted octanol–water partition coefficient (Wildman–Crippen LogP) is 0.122. The summed E-state index contributed by atoms with van der Waals surface area (Å²) in [5, 5.41) is 4.81. The molecule has 0 saturated carbocycles. The molecule has 0 aromatic heterocycles. The van der Waals surface area contributed by atoms with E-state index in [-0.39, 0.29) is 12.8 Å². The summed E-state index contributed by atoms with van der Waals surface area (Å²) >= 11 is 0. The van der Waals surface area contributed by atoms with Crippen LogP contribution in [0.2, 0.25) is 0 Å². The molecule has 0 saturated heterocycles. The molecule has 0 unspecified atom stereocenters. The zero-order valence-corrected chi connectivity index (χ0v) is 13.8. The molecule has 0 bridgehead atoms. The fraction of sp³-hybridized carbons (Fsp3) is 0.714. The minimum absolute atomic E-state index is 0.0173. The van der Waals surface area contributed by atoms with Crippen LogP contribution in [0.25, 0.3) is 0 Å². The zero-order chi connectivity index (χ0) is 17.8. The molecule has 2 amide bonds. The van der Waals surface area contributed by atoms with E-state index in [1.807, 2.05) is 6.92 Å². The minimum Gasteiger partial charge on any atom is -0.469 e. The summed E-state index contributed by atoms with van der Waals surface area (Å²) in [6, 6.07) is -2.57. The van der Waals surface area contributed by atoms with Crippen molar-refractivity contribution < 1.29 is 33.4 Å². The van der Waals surface area contributed by atoms with Crippen molar-refractivity contribution in [1.82, 2.24) is 10.6 Å². The second-order valence-electron chi connectivity index (χ2n) is 4.67. The Labute approximate surface area is 135 Å². The molecule has 0 aliphatic heterocycles. The molecule has 2 atom stereocenters. The molecule has 0 heterocycles. The smallest absolute Gasteiger partial charge is 0.328 e. The van der Waals surface area contributed by atoms with Crippen molar-refractivity contribution >= 4 is 23.9 Å². The van der Waals surface area contributed by atoms with Crippen molar-refractivity contribution in [3.8, 4) is 0 Å². The Morgan fingerprint density at radius 3 is 1.70 bits per heavy atom. The summed E-state index contributed by atoms with van der Waals surface area (Å²) < 4.78 is 13.7. The number of methoxy groups -OCH3 is 3. The molecule has 23 heavy (non-hydrogen) atoms. The molecule has 0 fully saturated rings. The fourth-order valence-corrected chi connectivity index (χ4v) is 1.79. The van der Waals surface area contributed by atoms with Gasteiger partial charge in [0.2, 0.25) is 0 Å². The first-order chi connectivity index (χ1) is 10.9. The standard InChI is InChI=1S/C14H24N2O7/c1-5-6-9(12(18)22-3)15-14(20)16-10(13(19)23-4)7-8-11(17)21-2/h9-10H,5-8H2,1-4H3,(H2,15,16,20)/t9-,10-/m0/s1. The monoisotopic (exact) mass is 332 g/mol. The third-order valence-corrected chi connectivity index (χ3v) is 3.02. The summed E-state index contributed by atoms with van der Waals surface area (Å²) in [5.74, 6) is -1.79. The van der Waals surface area contributed by atoms with Crippen LogP contribution in [0.5, 0.6) is 0 Å². The molecule has 9 nitrogen and oxygen atoms in total. The van der Waals surface area contributed by atoms with Crippen LogP contribution in [-0.4, -0.2) is 57.4 Å². The van der Waals surface area contributed by atoms with Gasteiger partial charge in [-0.3, -0.25) is 4.79 Å². The number of hydrogen-bond donors (Lipinski definition) is 2. The summed E-state index contributed by atoms with van der Waals surface area (Å²) in [7, 11) is 3.61. The SMILES string of the molecule is CCC[C@H](NC(=O)N[C@@H](CCC(=O)OC)C(=O)OC)C(=O)OC. The van der Waals surface area contributed by atoms with Crippen molar-refractivity contribution in [3.63, 3.8) is 0 Å². The third-order valence-electron chi connectivity index (χ3n) is 3.02. The summed E-state index contributed by atoms with van der Waals surface area (Å²) in [6.45, 7) is 1.85. The van der Waals surface area contributed by atoms with Gasteiger partial charge in [-0.15, -0.1) is 0 Å².